The molecule has 120 valence electrons. The lowest BCUT2D eigenvalue weighted by Gasteiger charge is -1.99. The smallest absolute Gasteiger partial charge is 0.363 e. The number of carbonyl (C=O) groups is 2. The maximum atomic E-state index is 13.7. The van der Waals surface area contributed by atoms with Crippen molar-refractivity contribution in [3.63, 3.8) is 0 Å². The van der Waals surface area contributed by atoms with Crippen molar-refractivity contribution in [2.24, 2.45) is 4.99 Å². The summed E-state index contributed by atoms with van der Waals surface area (Å²) < 4.78 is 23.4. The number of rotatable bonds is 3. The van der Waals surface area contributed by atoms with Gasteiger partial charge in [-0.05, 0) is 35.9 Å². The second-order valence-corrected chi connectivity index (χ2v) is 4.93. The number of carbonyl (C=O) groups excluding carboxylic acids is 2. The molecule has 0 saturated carbocycles. The lowest BCUT2D eigenvalue weighted by Crippen LogP contribution is -2.07. The molecule has 1 aliphatic heterocycles. The van der Waals surface area contributed by atoms with Gasteiger partial charge >= 0.3 is 11.9 Å². The van der Waals surface area contributed by atoms with Gasteiger partial charge in [-0.2, -0.15) is 0 Å². The molecule has 2 aromatic rings. The summed E-state index contributed by atoms with van der Waals surface area (Å²) in [6.45, 7) is 0. The molecule has 0 bridgehead atoms. The Morgan fingerprint density at radius 2 is 1.88 bits per heavy atom. The standard InChI is InChI=1S/C18H12FNO4/c1-23-17(21)12-8-6-11(7-9-12)10-15-18(22)24-16(20-15)13-4-2-3-5-14(13)19/h2-10H,1H3/b15-10-. The number of benzene rings is 2. The van der Waals surface area contributed by atoms with Gasteiger partial charge in [-0.3, -0.25) is 0 Å². The first-order chi connectivity index (χ1) is 11.6. The molecule has 3 rings (SSSR count). The number of ether oxygens (including phenoxy) is 2. The van der Waals surface area contributed by atoms with Crippen LogP contribution < -0.4 is 0 Å². The Hall–Kier alpha value is -3.28. The van der Waals surface area contributed by atoms with Crippen LogP contribution in [0.1, 0.15) is 21.5 Å². The summed E-state index contributed by atoms with van der Waals surface area (Å²) >= 11 is 0. The van der Waals surface area contributed by atoms with Crippen molar-refractivity contribution in [3.8, 4) is 0 Å². The molecule has 1 aliphatic rings. The van der Waals surface area contributed by atoms with Gasteiger partial charge in [0, 0.05) is 0 Å². The first-order valence-corrected chi connectivity index (χ1v) is 7.04. The summed E-state index contributed by atoms with van der Waals surface area (Å²) in [6.07, 6.45) is 1.50. The molecule has 0 saturated heterocycles. The van der Waals surface area contributed by atoms with Crippen LogP contribution in [0.25, 0.3) is 6.08 Å². The van der Waals surface area contributed by atoms with E-state index in [2.05, 4.69) is 9.73 Å². The minimum atomic E-state index is -0.662. The molecule has 0 atom stereocenters. The van der Waals surface area contributed by atoms with Crippen LogP contribution in [0, 0.1) is 5.82 Å². The summed E-state index contributed by atoms with van der Waals surface area (Å²) in [5.74, 6) is -1.71. The van der Waals surface area contributed by atoms with E-state index in [1.807, 2.05) is 0 Å². The average molecular weight is 325 g/mol. The van der Waals surface area contributed by atoms with E-state index in [9.17, 15) is 14.0 Å². The summed E-state index contributed by atoms with van der Waals surface area (Å²) in [6, 6.07) is 12.3. The molecule has 0 aliphatic carbocycles. The topological polar surface area (TPSA) is 65.0 Å². The van der Waals surface area contributed by atoms with Crippen LogP contribution >= 0.6 is 0 Å². The van der Waals surface area contributed by atoms with E-state index in [1.54, 1.807) is 30.3 Å². The largest absolute Gasteiger partial charge is 0.465 e. The minimum Gasteiger partial charge on any atom is -0.465 e. The third-order valence-corrected chi connectivity index (χ3v) is 3.36. The van der Waals surface area contributed by atoms with Gasteiger partial charge in [0.05, 0.1) is 18.2 Å². The van der Waals surface area contributed by atoms with Crippen molar-refractivity contribution < 1.29 is 23.5 Å². The predicted molar refractivity (Wildman–Crippen MR) is 84.8 cm³/mol. The maximum absolute atomic E-state index is 13.7. The van der Waals surface area contributed by atoms with E-state index in [0.717, 1.165) is 0 Å². The van der Waals surface area contributed by atoms with E-state index in [-0.39, 0.29) is 17.2 Å². The first kappa shape index (κ1) is 15.6. The third kappa shape index (κ3) is 3.08. The van der Waals surface area contributed by atoms with Crippen LogP contribution in [0.2, 0.25) is 0 Å². The lowest BCUT2D eigenvalue weighted by molar-refractivity contribution is -0.129. The highest BCUT2D eigenvalue weighted by Gasteiger charge is 2.25. The molecule has 0 fully saturated rings. The minimum absolute atomic E-state index is 0.0547. The van der Waals surface area contributed by atoms with Crippen LogP contribution in [0.5, 0.6) is 0 Å². The molecule has 5 nitrogen and oxygen atoms in total. The first-order valence-electron chi connectivity index (χ1n) is 7.04. The molecule has 0 unspecified atom stereocenters. The van der Waals surface area contributed by atoms with Crippen LogP contribution in [0.3, 0.4) is 0 Å². The Bertz CT molecular complexity index is 869. The number of esters is 2. The number of halogens is 1. The van der Waals surface area contributed by atoms with Crippen LogP contribution in [-0.2, 0) is 14.3 Å². The fraction of sp³-hybridized carbons (Fsp3) is 0.0556. The molecule has 0 radical (unpaired) electrons. The SMILES string of the molecule is COC(=O)c1ccc(/C=C2\N=C(c3ccccc3F)OC2=O)cc1. The molecular weight excluding hydrogens is 313 g/mol. The van der Waals surface area contributed by atoms with Crippen LogP contribution in [-0.4, -0.2) is 24.9 Å². The number of hydrogen-bond donors (Lipinski definition) is 0. The van der Waals surface area contributed by atoms with Gasteiger partial charge in [-0.1, -0.05) is 24.3 Å². The average Bonchev–Trinajstić information content (AvgIpc) is 2.95. The van der Waals surface area contributed by atoms with Crippen molar-refractivity contribution >= 4 is 23.9 Å². The monoisotopic (exact) mass is 325 g/mol. The molecular formula is C18H12FNO4. The predicted octanol–water partition coefficient (Wildman–Crippen LogP) is 2.96. The van der Waals surface area contributed by atoms with Gasteiger partial charge in [0.1, 0.15) is 5.82 Å². The molecule has 2 aromatic carbocycles. The molecule has 24 heavy (non-hydrogen) atoms. The van der Waals surface area contributed by atoms with E-state index >= 15 is 0 Å². The number of hydrogen-bond acceptors (Lipinski definition) is 5. The van der Waals surface area contributed by atoms with Gasteiger partial charge in [-0.25, -0.2) is 19.0 Å². The molecule has 0 aromatic heterocycles. The highest BCUT2D eigenvalue weighted by Crippen LogP contribution is 2.20. The van der Waals surface area contributed by atoms with Crippen molar-refractivity contribution in [1.29, 1.82) is 0 Å². The zero-order valence-electron chi connectivity index (χ0n) is 12.7. The Kier molecular flexibility index (Phi) is 4.20. The maximum Gasteiger partial charge on any atom is 0.363 e. The van der Waals surface area contributed by atoms with Crippen LogP contribution in [0.4, 0.5) is 4.39 Å². The molecule has 0 amide bonds. The van der Waals surface area contributed by atoms with Gasteiger partial charge in [0.2, 0.25) is 5.90 Å². The zero-order valence-corrected chi connectivity index (χ0v) is 12.7. The van der Waals surface area contributed by atoms with Gasteiger partial charge in [0.25, 0.3) is 0 Å². The Morgan fingerprint density at radius 1 is 1.17 bits per heavy atom. The second-order valence-electron chi connectivity index (χ2n) is 4.93. The summed E-state index contributed by atoms with van der Waals surface area (Å²) in [4.78, 5) is 27.3. The van der Waals surface area contributed by atoms with E-state index < -0.39 is 17.8 Å². The van der Waals surface area contributed by atoms with Crippen molar-refractivity contribution in [2.45, 2.75) is 0 Å². The second kappa shape index (κ2) is 6.45. The summed E-state index contributed by atoms with van der Waals surface area (Å²) in [5.41, 5.74) is 1.21. The van der Waals surface area contributed by atoms with E-state index in [1.165, 1.54) is 31.4 Å². The number of methoxy groups -OCH3 is 1. The Labute approximate surface area is 137 Å². The Balaban J connectivity index is 1.89. The zero-order chi connectivity index (χ0) is 17.1. The highest BCUT2D eigenvalue weighted by molar-refractivity contribution is 6.12. The number of cyclic esters (lactones) is 1. The third-order valence-electron chi connectivity index (χ3n) is 3.36. The normalized spacial score (nSPS) is 15.2. The number of nitrogens with zero attached hydrogens (tertiary/aromatic N) is 1. The molecule has 0 N–H and O–H groups in total. The fourth-order valence-corrected chi connectivity index (χ4v) is 2.15. The Morgan fingerprint density at radius 3 is 2.54 bits per heavy atom. The quantitative estimate of drug-likeness (QED) is 0.643. The van der Waals surface area contributed by atoms with Gasteiger partial charge < -0.3 is 9.47 Å². The van der Waals surface area contributed by atoms with Gasteiger partial charge in [0.15, 0.2) is 5.70 Å². The van der Waals surface area contributed by atoms with Crippen molar-refractivity contribution in [2.75, 3.05) is 7.11 Å². The van der Waals surface area contributed by atoms with E-state index in [0.29, 0.717) is 11.1 Å². The lowest BCUT2D eigenvalue weighted by atomic mass is 10.1. The summed E-state index contributed by atoms with van der Waals surface area (Å²) in [5, 5.41) is 0. The van der Waals surface area contributed by atoms with Crippen molar-refractivity contribution in [3.05, 3.63) is 76.7 Å². The van der Waals surface area contributed by atoms with E-state index in [4.69, 9.17) is 4.74 Å². The highest BCUT2D eigenvalue weighted by atomic mass is 19.1. The molecule has 1 heterocycles. The summed E-state index contributed by atoms with van der Waals surface area (Å²) in [7, 11) is 1.30. The van der Waals surface area contributed by atoms with Gasteiger partial charge in [-0.15, -0.1) is 0 Å². The number of aliphatic imine (C=N–C) groups is 1. The van der Waals surface area contributed by atoms with Crippen molar-refractivity contribution in [1.82, 2.24) is 0 Å². The molecule has 0 spiro atoms. The molecule has 6 heteroatoms. The fourth-order valence-electron chi connectivity index (χ4n) is 2.15. The van der Waals surface area contributed by atoms with Crippen LogP contribution in [0.15, 0.2) is 59.2 Å².